The van der Waals surface area contributed by atoms with E-state index in [9.17, 15) is 28.0 Å². The molecule has 0 fully saturated rings. The molecule has 4 amide bonds. The Kier molecular flexibility index (Phi) is 11.5. The number of hydrogen-bond acceptors (Lipinski definition) is 11. The van der Waals surface area contributed by atoms with Crippen molar-refractivity contribution in [2.75, 3.05) is 39.7 Å². The predicted molar refractivity (Wildman–Crippen MR) is 185 cm³/mol. The number of methoxy groups -OCH3 is 1. The number of ether oxygens (including phenoxy) is 1. The maximum absolute atomic E-state index is 15.0. The third-order valence-corrected chi connectivity index (χ3v) is 9.04. The van der Waals surface area contributed by atoms with Gasteiger partial charge in [0.05, 0.1) is 32.8 Å². The van der Waals surface area contributed by atoms with Gasteiger partial charge in [0.25, 0.3) is 5.56 Å². The van der Waals surface area contributed by atoms with Gasteiger partial charge < -0.3 is 15.0 Å². The first-order valence-corrected chi connectivity index (χ1v) is 16.3. The summed E-state index contributed by atoms with van der Waals surface area (Å²) in [7, 11) is 4.38. The van der Waals surface area contributed by atoms with Crippen molar-refractivity contribution < 1.29 is 32.8 Å². The fourth-order valence-electron chi connectivity index (χ4n) is 5.07. The van der Waals surface area contributed by atoms with Crippen molar-refractivity contribution in [2.24, 2.45) is 0 Å². The molecule has 3 aromatic heterocycles. The van der Waals surface area contributed by atoms with Crippen LogP contribution in [0.25, 0.3) is 26.5 Å². The van der Waals surface area contributed by atoms with Crippen LogP contribution in [-0.2, 0) is 22.8 Å². The van der Waals surface area contributed by atoms with Crippen molar-refractivity contribution in [3.05, 3.63) is 98.2 Å². The van der Waals surface area contributed by atoms with E-state index in [4.69, 9.17) is 14.4 Å². The number of amides is 4. The van der Waals surface area contributed by atoms with Crippen molar-refractivity contribution in [1.29, 1.82) is 0 Å². The highest BCUT2D eigenvalue weighted by atomic mass is 32.1. The van der Waals surface area contributed by atoms with Crippen LogP contribution in [0.5, 0.6) is 5.88 Å². The van der Waals surface area contributed by atoms with E-state index in [-0.39, 0.29) is 40.6 Å². The number of rotatable bonds is 12. The van der Waals surface area contributed by atoms with Gasteiger partial charge in [-0.15, -0.1) is 26.6 Å². The number of hydroxylamine groups is 3. The Bertz CT molecular complexity index is 2150. The molecule has 18 heteroatoms. The van der Waals surface area contributed by atoms with Gasteiger partial charge in [-0.1, -0.05) is 25.1 Å². The highest BCUT2D eigenvalue weighted by Crippen LogP contribution is 2.38. The van der Waals surface area contributed by atoms with Crippen molar-refractivity contribution >= 4 is 39.3 Å². The Morgan fingerprint density at radius 3 is 2.24 bits per heavy atom. The molecule has 0 spiro atoms. The van der Waals surface area contributed by atoms with E-state index < -0.39 is 41.5 Å². The van der Waals surface area contributed by atoms with E-state index in [2.05, 4.69) is 21.0 Å². The van der Waals surface area contributed by atoms with Crippen molar-refractivity contribution in [3.8, 4) is 22.1 Å². The normalized spacial score (nSPS) is 11.2. The molecular formula is C33H34F2N8O7S. The lowest BCUT2D eigenvalue weighted by atomic mass is 10.1. The van der Waals surface area contributed by atoms with Crippen LogP contribution in [0.15, 0.2) is 64.2 Å². The Labute approximate surface area is 293 Å². The topological polar surface area (TPSA) is 162 Å². The van der Waals surface area contributed by atoms with E-state index in [0.717, 1.165) is 39.7 Å². The van der Waals surface area contributed by atoms with Crippen LogP contribution in [0, 0.1) is 11.6 Å². The number of urea groups is 2. The molecule has 0 aliphatic heterocycles. The fourth-order valence-corrected chi connectivity index (χ4v) is 6.37. The number of aromatic nitrogens is 4. The number of carbonyl (C=O) groups is 2. The van der Waals surface area contributed by atoms with Gasteiger partial charge in [0.15, 0.2) is 5.82 Å². The van der Waals surface area contributed by atoms with Gasteiger partial charge in [-0.2, -0.15) is 0 Å². The number of fused-ring (bicyclic) bond motifs is 1. The molecule has 0 aliphatic rings. The van der Waals surface area contributed by atoms with E-state index in [1.165, 1.54) is 25.3 Å². The van der Waals surface area contributed by atoms with E-state index in [0.29, 0.717) is 33.3 Å². The van der Waals surface area contributed by atoms with Gasteiger partial charge in [0.2, 0.25) is 5.88 Å². The largest absolute Gasteiger partial charge is 0.480 e. The number of halogens is 2. The SMILES string of the molecule is CCONC(=O)N(OC)C(=O)Nc1ccc(-c2sc3c(c2CN(C)CC)c(=O)n(-c2ccc(OC)nn2)c(=O)n3Cc2c(F)cccc2F)cc1. The standard InChI is InChI=1S/C33H34F2N8O7S/c1-6-40(3)17-22-27-29(44)42(25-15-16-26(48-4)38-37-25)33(47)41(18-21-23(34)9-8-10-24(21)35)30(27)51-28(22)19-11-13-20(14-12-19)36-31(45)43(49-5)32(46)39-50-7-2/h8-16H,6-7,17-18H2,1-5H3,(H,36,45)(H,39,46). The molecule has 51 heavy (non-hydrogen) atoms. The molecule has 0 saturated heterocycles. The molecule has 0 atom stereocenters. The summed E-state index contributed by atoms with van der Waals surface area (Å²) in [5.74, 6) is -1.69. The fraction of sp³-hybridized carbons (Fsp3) is 0.273. The first-order valence-electron chi connectivity index (χ1n) is 15.5. The number of imide groups is 1. The molecule has 3 heterocycles. The number of benzene rings is 2. The third kappa shape index (κ3) is 7.63. The maximum Gasteiger partial charge on any atom is 0.374 e. The van der Waals surface area contributed by atoms with E-state index in [1.54, 1.807) is 31.2 Å². The van der Waals surface area contributed by atoms with Gasteiger partial charge >= 0.3 is 17.8 Å². The van der Waals surface area contributed by atoms with Crippen molar-refractivity contribution in [1.82, 2.24) is 34.8 Å². The van der Waals surface area contributed by atoms with Crippen molar-refractivity contribution in [3.63, 3.8) is 0 Å². The summed E-state index contributed by atoms with van der Waals surface area (Å²) in [6, 6.07) is 10.9. The van der Waals surface area contributed by atoms with Gasteiger partial charge in [-0.05, 0) is 62.0 Å². The van der Waals surface area contributed by atoms with Crippen LogP contribution >= 0.6 is 11.3 Å². The minimum absolute atomic E-state index is 0.113. The minimum atomic E-state index is -0.948. The van der Waals surface area contributed by atoms with Crippen LogP contribution < -0.4 is 26.8 Å². The maximum atomic E-state index is 15.0. The zero-order valence-electron chi connectivity index (χ0n) is 28.2. The molecule has 2 aromatic carbocycles. The number of nitrogens with one attached hydrogen (secondary N) is 2. The smallest absolute Gasteiger partial charge is 0.374 e. The first kappa shape index (κ1) is 36.7. The van der Waals surface area contributed by atoms with Crippen LogP contribution in [0.4, 0.5) is 24.1 Å². The predicted octanol–water partition coefficient (Wildman–Crippen LogP) is 4.51. The number of nitrogens with zero attached hydrogens (tertiary/aromatic N) is 6. The van der Waals surface area contributed by atoms with Crippen LogP contribution in [0.3, 0.4) is 0 Å². The Morgan fingerprint density at radius 1 is 0.941 bits per heavy atom. The number of hydrogen-bond donors (Lipinski definition) is 2. The first-order chi connectivity index (χ1) is 24.5. The zero-order valence-corrected chi connectivity index (χ0v) is 29.0. The van der Waals surface area contributed by atoms with Gasteiger partial charge in [0, 0.05) is 28.7 Å². The molecule has 15 nitrogen and oxygen atoms in total. The summed E-state index contributed by atoms with van der Waals surface area (Å²) < 4.78 is 37.0. The Morgan fingerprint density at radius 2 is 1.65 bits per heavy atom. The number of carbonyl (C=O) groups excluding carboxylic acids is 2. The monoisotopic (exact) mass is 724 g/mol. The molecule has 5 aromatic rings. The second-order valence-corrected chi connectivity index (χ2v) is 11.9. The van der Waals surface area contributed by atoms with Crippen LogP contribution in [-0.4, -0.2) is 75.8 Å². The van der Waals surface area contributed by atoms with Crippen LogP contribution in [0.1, 0.15) is 25.0 Å². The molecule has 0 aliphatic carbocycles. The number of anilines is 1. The summed E-state index contributed by atoms with van der Waals surface area (Å²) in [5, 5.41) is 11.1. The molecule has 0 radical (unpaired) electrons. The van der Waals surface area contributed by atoms with Gasteiger partial charge in [-0.25, -0.2) is 33.2 Å². The summed E-state index contributed by atoms with van der Waals surface area (Å²) >= 11 is 1.10. The minimum Gasteiger partial charge on any atom is -0.480 e. The zero-order chi connectivity index (χ0) is 36.8. The lowest BCUT2D eigenvalue weighted by molar-refractivity contribution is -0.0600. The second kappa shape index (κ2) is 16.0. The second-order valence-electron chi connectivity index (χ2n) is 10.9. The summed E-state index contributed by atoms with van der Waals surface area (Å²) in [6.07, 6.45) is 0. The van der Waals surface area contributed by atoms with Crippen LogP contribution in [0.2, 0.25) is 0 Å². The molecule has 0 unspecified atom stereocenters. The highest BCUT2D eigenvalue weighted by Gasteiger charge is 2.27. The molecule has 5 rings (SSSR count). The van der Waals surface area contributed by atoms with Crippen molar-refractivity contribution in [2.45, 2.75) is 26.9 Å². The summed E-state index contributed by atoms with van der Waals surface area (Å²) in [4.78, 5) is 65.9. The molecule has 268 valence electrons. The number of thiophene rings is 1. The van der Waals surface area contributed by atoms with Gasteiger partial charge in [-0.3, -0.25) is 19.0 Å². The molecule has 0 bridgehead atoms. The average molecular weight is 725 g/mol. The molecular weight excluding hydrogens is 690 g/mol. The Balaban J connectivity index is 1.68. The third-order valence-electron chi connectivity index (χ3n) is 7.74. The quantitative estimate of drug-likeness (QED) is 0.175. The molecule has 0 saturated carbocycles. The van der Waals surface area contributed by atoms with E-state index >= 15 is 0 Å². The Hall–Kier alpha value is -5.56. The summed E-state index contributed by atoms with van der Waals surface area (Å²) in [6.45, 7) is 4.09. The molecule has 2 N–H and O–H groups in total. The lowest BCUT2D eigenvalue weighted by Gasteiger charge is -2.18. The van der Waals surface area contributed by atoms with E-state index in [1.807, 2.05) is 18.9 Å². The lowest BCUT2D eigenvalue weighted by Crippen LogP contribution is -2.45. The van der Waals surface area contributed by atoms with Gasteiger partial charge in [0.1, 0.15) is 16.5 Å². The average Bonchev–Trinajstić information content (AvgIpc) is 3.49. The highest BCUT2D eigenvalue weighted by molar-refractivity contribution is 7.22. The summed E-state index contributed by atoms with van der Waals surface area (Å²) in [5.41, 5.74) is 1.58.